The molecular weight excluding hydrogens is 394 g/mol. The number of rotatable bonds is 5. The van der Waals surface area contributed by atoms with Crippen molar-refractivity contribution in [1.82, 2.24) is 14.5 Å². The Balaban J connectivity index is 2.15. The van der Waals surface area contributed by atoms with Gasteiger partial charge in [-0.05, 0) is 39.0 Å². The zero-order valence-electron chi connectivity index (χ0n) is 15.6. The van der Waals surface area contributed by atoms with Gasteiger partial charge in [0.05, 0.1) is 22.1 Å². The summed E-state index contributed by atoms with van der Waals surface area (Å²) in [5.41, 5.74) is 0.118. The minimum atomic E-state index is -3.74. The van der Waals surface area contributed by atoms with E-state index in [1.165, 1.54) is 23.1 Å². The minimum absolute atomic E-state index is 0.0193. The van der Waals surface area contributed by atoms with Crippen molar-refractivity contribution in [3.05, 3.63) is 28.8 Å². The Morgan fingerprint density at radius 2 is 1.78 bits per heavy atom. The molecule has 2 amide bonds. The predicted octanol–water partition coefficient (Wildman–Crippen LogP) is 1.94. The maximum Gasteiger partial charge on any atom is 0.409 e. The standard InChI is InChI=1S/C17H24ClN3O5S/c1-4-26-17(23)21-9-7-20(8-10-21)16(22)14-11-13(5-6-15(14)18)27(24,25)19-12(2)3/h5-6,11-12,19H,4,7-10H2,1-3H3. The van der Waals surface area contributed by atoms with Gasteiger partial charge in [-0.2, -0.15) is 0 Å². The number of sulfonamides is 1. The fraction of sp³-hybridized carbons (Fsp3) is 0.529. The largest absolute Gasteiger partial charge is 0.450 e. The van der Waals surface area contributed by atoms with E-state index in [1.807, 2.05) is 0 Å². The molecule has 0 bridgehead atoms. The molecular formula is C17H24ClN3O5S. The summed E-state index contributed by atoms with van der Waals surface area (Å²) in [7, 11) is -3.74. The Morgan fingerprint density at radius 3 is 2.33 bits per heavy atom. The highest BCUT2D eigenvalue weighted by molar-refractivity contribution is 7.89. The molecule has 0 unspecified atom stereocenters. The summed E-state index contributed by atoms with van der Waals surface area (Å²) in [5, 5.41) is 0.177. The number of halogens is 1. The van der Waals surface area contributed by atoms with Crippen molar-refractivity contribution in [3.8, 4) is 0 Å². The van der Waals surface area contributed by atoms with E-state index in [0.717, 1.165) is 0 Å². The third-order valence-electron chi connectivity index (χ3n) is 3.96. The van der Waals surface area contributed by atoms with Crippen LogP contribution in [0.15, 0.2) is 23.1 Å². The molecule has 1 aliphatic heterocycles. The minimum Gasteiger partial charge on any atom is -0.450 e. The molecule has 2 rings (SSSR count). The molecule has 1 aromatic carbocycles. The molecule has 1 heterocycles. The predicted molar refractivity (Wildman–Crippen MR) is 101 cm³/mol. The molecule has 27 heavy (non-hydrogen) atoms. The van der Waals surface area contributed by atoms with Crippen molar-refractivity contribution in [1.29, 1.82) is 0 Å². The molecule has 1 saturated heterocycles. The summed E-state index contributed by atoms with van der Waals surface area (Å²) in [6.07, 6.45) is -0.407. The first-order valence-corrected chi connectivity index (χ1v) is 10.5. The second-order valence-electron chi connectivity index (χ2n) is 6.40. The van der Waals surface area contributed by atoms with Gasteiger partial charge in [0.2, 0.25) is 10.0 Å². The van der Waals surface area contributed by atoms with Crippen LogP contribution in [-0.2, 0) is 14.8 Å². The average molecular weight is 418 g/mol. The van der Waals surface area contributed by atoms with Crippen LogP contribution in [0.2, 0.25) is 5.02 Å². The normalized spacial score (nSPS) is 15.1. The van der Waals surface area contributed by atoms with Crippen LogP contribution < -0.4 is 4.72 Å². The molecule has 0 aliphatic carbocycles. The number of benzene rings is 1. The molecule has 1 N–H and O–H groups in total. The Labute approximate surface area is 164 Å². The Bertz CT molecular complexity index is 805. The number of nitrogens with one attached hydrogen (secondary N) is 1. The lowest BCUT2D eigenvalue weighted by molar-refractivity contribution is 0.0570. The lowest BCUT2D eigenvalue weighted by atomic mass is 10.2. The first kappa shape index (κ1) is 21.5. The third kappa shape index (κ3) is 5.33. The number of piperazine rings is 1. The summed E-state index contributed by atoms with van der Waals surface area (Å²) in [4.78, 5) is 27.6. The summed E-state index contributed by atoms with van der Waals surface area (Å²) in [6.45, 7) is 6.76. The van der Waals surface area contributed by atoms with Crippen LogP contribution in [0.3, 0.4) is 0 Å². The van der Waals surface area contributed by atoms with Crippen molar-refractivity contribution in [2.75, 3.05) is 32.8 Å². The van der Waals surface area contributed by atoms with Crippen LogP contribution in [0.25, 0.3) is 0 Å². The molecule has 150 valence electrons. The maximum absolute atomic E-state index is 12.8. The summed E-state index contributed by atoms with van der Waals surface area (Å²) in [5.74, 6) is -0.370. The summed E-state index contributed by atoms with van der Waals surface area (Å²) < 4.78 is 32.1. The van der Waals surface area contributed by atoms with Gasteiger partial charge in [-0.25, -0.2) is 17.9 Å². The second-order valence-corrected chi connectivity index (χ2v) is 8.52. The van der Waals surface area contributed by atoms with E-state index < -0.39 is 16.1 Å². The topological polar surface area (TPSA) is 96.0 Å². The second kappa shape index (κ2) is 8.90. The SMILES string of the molecule is CCOC(=O)N1CCN(C(=O)c2cc(S(=O)(=O)NC(C)C)ccc2Cl)CC1. The number of amides is 2. The van der Waals surface area contributed by atoms with Gasteiger partial charge in [0.15, 0.2) is 0 Å². The third-order valence-corrected chi connectivity index (χ3v) is 5.95. The Morgan fingerprint density at radius 1 is 1.19 bits per heavy atom. The molecule has 8 nitrogen and oxygen atoms in total. The maximum atomic E-state index is 12.8. The van der Waals surface area contributed by atoms with E-state index in [2.05, 4.69) is 4.72 Å². The van der Waals surface area contributed by atoms with E-state index in [1.54, 1.807) is 25.7 Å². The smallest absolute Gasteiger partial charge is 0.409 e. The Kier molecular flexibility index (Phi) is 7.07. The van der Waals surface area contributed by atoms with E-state index in [-0.39, 0.29) is 27.4 Å². The van der Waals surface area contributed by atoms with Gasteiger partial charge in [-0.1, -0.05) is 11.6 Å². The van der Waals surface area contributed by atoms with Crippen LogP contribution in [-0.4, -0.2) is 69.0 Å². The van der Waals surface area contributed by atoms with Gasteiger partial charge in [0.25, 0.3) is 5.91 Å². The quantitative estimate of drug-likeness (QED) is 0.789. The van der Waals surface area contributed by atoms with Gasteiger partial charge in [-0.15, -0.1) is 0 Å². The van der Waals surface area contributed by atoms with Crippen LogP contribution >= 0.6 is 11.6 Å². The van der Waals surface area contributed by atoms with Crippen molar-refractivity contribution < 1.29 is 22.7 Å². The molecule has 1 aliphatic rings. The fourth-order valence-electron chi connectivity index (χ4n) is 2.69. The summed E-state index contributed by atoms with van der Waals surface area (Å²) in [6, 6.07) is 3.77. The zero-order chi connectivity index (χ0) is 20.2. The van der Waals surface area contributed by atoms with Gasteiger partial charge < -0.3 is 14.5 Å². The first-order chi connectivity index (χ1) is 12.7. The van der Waals surface area contributed by atoms with Crippen molar-refractivity contribution in [3.63, 3.8) is 0 Å². The first-order valence-electron chi connectivity index (χ1n) is 8.68. The number of carbonyl (C=O) groups excluding carboxylic acids is 2. The molecule has 0 aromatic heterocycles. The molecule has 1 fully saturated rings. The van der Waals surface area contributed by atoms with Crippen LogP contribution in [0.5, 0.6) is 0 Å². The van der Waals surface area contributed by atoms with Gasteiger partial charge in [0, 0.05) is 32.2 Å². The zero-order valence-corrected chi connectivity index (χ0v) is 17.1. The Hall–Kier alpha value is -1.84. The lowest BCUT2D eigenvalue weighted by Crippen LogP contribution is -2.50. The van der Waals surface area contributed by atoms with Crippen molar-refractivity contribution in [2.45, 2.75) is 31.7 Å². The van der Waals surface area contributed by atoms with Gasteiger partial charge >= 0.3 is 6.09 Å². The monoisotopic (exact) mass is 417 g/mol. The van der Waals surface area contributed by atoms with Crippen molar-refractivity contribution in [2.24, 2.45) is 0 Å². The molecule has 10 heteroatoms. The molecule has 0 spiro atoms. The van der Waals surface area contributed by atoms with E-state index >= 15 is 0 Å². The van der Waals surface area contributed by atoms with Gasteiger partial charge in [0.1, 0.15) is 0 Å². The van der Waals surface area contributed by atoms with Gasteiger partial charge in [-0.3, -0.25) is 4.79 Å². The number of carbonyl (C=O) groups is 2. The highest BCUT2D eigenvalue weighted by Crippen LogP contribution is 2.23. The van der Waals surface area contributed by atoms with E-state index in [0.29, 0.717) is 32.8 Å². The lowest BCUT2D eigenvalue weighted by Gasteiger charge is -2.34. The molecule has 0 radical (unpaired) electrons. The number of hydrogen-bond acceptors (Lipinski definition) is 5. The number of hydrogen-bond donors (Lipinski definition) is 1. The molecule has 0 saturated carbocycles. The van der Waals surface area contributed by atoms with Crippen LogP contribution in [0.1, 0.15) is 31.1 Å². The van der Waals surface area contributed by atoms with E-state index in [4.69, 9.17) is 16.3 Å². The molecule has 1 aromatic rings. The fourth-order valence-corrected chi connectivity index (χ4v) is 4.17. The highest BCUT2D eigenvalue weighted by atomic mass is 35.5. The van der Waals surface area contributed by atoms with Crippen LogP contribution in [0, 0.1) is 0 Å². The van der Waals surface area contributed by atoms with Crippen LogP contribution in [0.4, 0.5) is 4.79 Å². The highest BCUT2D eigenvalue weighted by Gasteiger charge is 2.27. The molecule has 0 atom stereocenters. The number of nitrogens with zero attached hydrogens (tertiary/aromatic N) is 2. The average Bonchev–Trinajstić information content (AvgIpc) is 2.60. The van der Waals surface area contributed by atoms with Crippen molar-refractivity contribution >= 4 is 33.6 Å². The number of ether oxygens (including phenoxy) is 1. The summed E-state index contributed by atoms with van der Waals surface area (Å²) >= 11 is 6.14. The van der Waals surface area contributed by atoms with E-state index in [9.17, 15) is 18.0 Å².